The molecule has 0 bridgehead atoms. The number of aliphatic hydroxyl groups is 1. The average molecular weight is 234 g/mol. The van der Waals surface area contributed by atoms with Gasteiger partial charge in [0.15, 0.2) is 0 Å². The number of hydrogen-bond donors (Lipinski definition) is 1. The van der Waals surface area contributed by atoms with Crippen molar-refractivity contribution in [3.63, 3.8) is 0 Å². The molecule has 1 unspecified atom stereocenters. The van der Waals surface area contributed by atoms with Crippen LogP contribution in [0.1, 0.15) is 44.2 Å². The summed E-state index contributed by atoms with van der Waals surface area (Å²) in [4.78, 5) is 0. The molecule has 0 fully saturated rings. The van der Waals surface area contributed by atoms with Crippen LogP contribution in [0.2, 0.25) is 0 Å². The van der Waals surface area contributed by atoms with Crippen LogP contribution in [0.5, 0.6) is 0 Å². The van der Waals surface area contributed by atoms with Crippen LogP contribution in [-0.4, -0.2) is 21.0 Å². The van der Waals surface area contributed by atoms with Crippen LogP contribution in [-0.2, 0) is 13.5 Å². The summed E-state index contributed by atoms with van der Waals surface area (Å²) >= 11 is 0. The van der Waals surface area contributed by atoms with E-state index in [1.807, 2.05) is 24.0 Å². The van der Waals surface area contributed by atoms with Crippen molar-refractivity contribution >= 4 is 0 Å². The molecule has 1 heterocycles. The molecule has 0 aromatic carbocycles. The molecule has 3 nitrogen and oxygen atoms in total. The average Bonchev–Trinajstić information content (AvgIpc) is 2.74. The van der Waals surface area contributed by atoms with Crippen molar-refractivity contribution in [3.8, 4) is 0 Å². The van der Waals surface area contributed by atoms with Gasteiger partial charge in [-0.15, -0.1) is 0 Å². The highest BCUT2D eigenvalue weighted by Crippen LogP contribution is 2.22. The highest BCUT2D eigenvalue weighted by Gasteiger charge is 2.11. The predicted molar refractivity (Wildman–Crippen MR) is 68.7 cm³/mol. The van der Waals surface area contributed by atoms with Crippen molar-refractivity contribution < 1.29 is 5.11 Å². The van der Waals surface area contributed by atoms with E-state index in [-0.39, 0.29) is 6.10 Å². The Morgan fingerprint density at radius 2 is 2.35 bits per heavy atom. The fourth-order valence-electron chi connectivity index (χ4n) is 2.46. The van der Waals surface area contributed by atoms with Gasteiger partial charge in [-0.05, 0) is 51.0 Å². The van der Waals surface area contributed by atoms with Gasteiger partial charge in [-0.3, -0.25) is 4.68 Å². The molecule has 3 heteroatoms. The Morgan fingerprint density at radius 1 is 1.47 bits per heavy atom. The van der Waals surface area contributed by atoms with Crippen molar-refractivity contribution in [2.75, 3.05) is 0 Å². The molecular weight excluding hydrogens is 212 g/mol. The third-order valence-electron chi connectivity index (χ3n) is 3.54. The summed E-state index contributed by atoms with van der Waals surface area (Å²) in [6, 6.07) is 2.02. The molecule has 2 rings (SSSR count). The molecule has 17 heavy (non-hydrogen) atoms. The van der Waals surface area contributed by atoms with Gasteiger partial charge in [-0.25, -0.2) is 0 Å². The second-order valence-electron chi connectivity index (χ2n) is 4.95. The van der Waals surface area contributed by atoms with Crippen molar-refractivity contribution in [1.29, 1.82) is 0 Å². The smallest absolute Gasteiger partial charge is 0.0581 e. The molecule has 0 saturated carbocycles. The summed E-state index contributed by atoms with van der Waals surface area (Å²) in [7, 11) is 1.95. The monoisotopic (exact) mass is 234 g/mol. The van der Waals surface area contributed by atoms with E-state index < -0.39 is 0 Å². The summed E-state index contributed by atoms with van der Waals surface area (Å²) in [6.45, 7) is 0. The first-order valence-electron chi connectivity index (χ1n) is 6.58. The molecule has 0 radical (unpaired) electrons. The Bertz CT molecular complexity index is 381. The maximum absolute atomic E-state index is 10.0. The lowest BCUT2D eigenvalue weighted by Gasteiger charge is -2.16. The lowest BCUT2D eigenvalue weighted by atomic mass is 9.94. The highest BCUT2D eigenvalue weighted by atomic mass is 16.3. The summed E-state index contributed by atoms with van der Waals surface area (Å²) in [5, 5.41) is 14.2. The Balaban J connectivity index is 1.75. The summed E-state index contributed by atoms with van der Waals surface area (Å²) in [6.07, 6.45) is 11.5. The third kappa shape index (κ3) is 3.70. The van der Waals surface area contributed by atoms with Crippen LogP contribution in [0.4, 0.5) is 0 Å². The lowest BCUT2D eigenvalue weighted by molar-refractivity contribution is 0.162. The largest absolute Gasteiger partial charge is 0.393 e. The van der Waals surface area contributed by atoms with Crippen LogP contribution in [0.25, 0.3) is 0 Å². The number of aliphatic hydroxyl groups excluding tert-OH is 1. The Hall–Kier alpha value is -1.09. The number of nitrogens with zero attached hydrogens (tertiary/aromatic N) is 2. The van der Waals surface area contributed by atoms with Gasteiger partial charge < -0.3 is 5.11 Å². The zero-order valence-corrected chi connectivity index (χ0v) is 10.6. The van der Waals surface area contributed by atoms with Crippen molar-refractivity contribution in [1.82, 2.24) is 9.78 Å². The highest BCUT2D eigenvalue weighted by molar-refractivity contribution is 5.07. The molecule has 0 amide bonds. The van der Waals surface area contributed by atoms with E-state index in [1.54, 1.807) is 0 Å². The molecule has 1 aromatic heterocycles. The molecule has 1 atom stereocenters. The van der Waals surface area contributed by atoms with E-state index in [2.05, 4.69) is 11.2 Å². The second kappa shape index (κ2) is 6.01. The van der Waals surface area contributed by atoms with Gasteiger partial charge in [-0.1, -0.05) is 11.6 Å². The van der Waals surface area contributed by atoms with E-state index in [4.69, 9.17) is 0 Å². The van der Waals surface area contributed by atoms with E-state index in [1.165, 1.54) is 37.0 Å². The fraction of sp³-hybridized carbons (Fsp3) is 0.643. The SMILES string of the molecule is Cn1nccc1CCC(O)CC1=CCCCC1. The Morgan fingerprint density at radius 3 is 3.00 bits per heavy atom. The Labute approximate surface area is 103 Å². The zero-order valence-electron chi connectivity index (χ0n) is 10.6. The minimum Gasteiger partial charge on any atom is -0.393 e. The zero-order chi connectivity index (χ0) is 12.1. The lowest BCUT2D eigenvalue weighted by Crippen LogP contribution is -2.11. The Kier molecular flexibility index (Phi) is 4.37. The molecule has 1 aliphatic rings. The number of hydrogen-bond acceptors (Lipinski definition) is 2. The topological polar surface area (TPSA) is 38.0 Å². The van der Waals surface area contributed by atoms with Crippen LogP contribution < -0.4 is 0 Å². The molecule has 0 spiro atoms. The van der Waals surface area contributed by atoms with Crippen LogP contribution in [0.3, 0.4) is 0 Å². The van der Waals surface area contributed by atoms with Gasteiger partial charge >= 0.3 is 0 Å². The van der Waals surface area contributed by atoms with E-state index in [0.717, 1.165) is 19.3 Å². The third-order valence-corrected chi connectivity index (χ3v) is 3.54. The maximum atomic E-state index is 10.0. The molecule has 1 N–H and O–H groups in total. The van der Waals surface area contributed by atoms with Crippen molar-refractivity contribution in [2.24, 2.45) is 7.05 Å². The van der Waals surface area contributed by atoms with Crippen LogP contribution in [0.15, 0.2) is 23.9 Å². The van der Waals surface area contributed by atoms with E-state index >= 15 is 0 Å². The van der Waals surface area contributed by atoms with Crippen LogP contribution >= 0.6 is 0 Å². The number of aromatic nitrogens is 2. The number of aryl methyl sites for hydroxylation is 2. The van der Waals surface area contributed by atoms with Gasteiger partial charge in [0.1, 0.15) is 0 Å². The fourth-order valence-corrected chi connectivity index (χ4v) is 2.46. The van der Waals surface area contributed by atoms with E-state index in [0.29, 0.717) is 0 Å². The molecule has 94 valence electrons. The van der Waals surface area contributed by atoms with Gasteiger partial charge in [-0.2, -0.15) is 5.10 Å². The first-order valence-corrected chi connectivity index (χ1v) is 6.58. The summed E-state index contributed by atoms with van der Waals surface area (Å²) < 4.78 is 1.88. The van der Waals surface area contributed by atoms with Gasteiger partial charge in [0, 0.05) is 18.9 Å². The van der Waals surface area contributed by atoms with Crippen molar-refractivity contribution in [3.05, 3.63) is 29.6 Å². The predicted octanol–water partition coefficient (Wildman–Crippen LogP) is 2.60. The molecule has 1 aliphatic carbocycles. The number of rotatable bonds is 5. The first-order chi connectivity index (χ1) is 8.25. The second-order valence-corrected chi connectivity index (χ2v) is 4.95. The maximum Gasteiger partial charge on any atom is 0.0581 e. The molecule has 0 saturated heterocycles. The standard InChI is InChI=1S/C14H22N2O/c1-16-13(9-10-15-16)7-8-14(17)11-12-5-3-2-4-6-12/h5,9-10,14,17H,2-4,6-8,11H2,1H3. The molecule has 0 aliphatic heterocycles. The van der Waals surface area contributed by atoms with Crippen LogP contribution in [0, 0.1) is 0 Å². The minimum absolute atomic E-state index is 0.200. The molecule has 1 aromatic rings. The van der Waals surface area contributed by atoms with Gasteiger partial charge in [0.2, 0.25) is 0 Å². The van der Waals surface area contributed by atoms with E-state index in [9.17, 15) is 5.11 Å². The minimum atomic E-state index is -0.200. The summed E-state index contributed by atoms with van der Waals surface area (Å²) in [5.41, 5.74) is 2.65. The molecular formula is C14H22N2O. The van der Waals surface area contributed by atoms with Gasteiger partial charge in [0.05, 0.1) is 6.10 Å². The summed E-state index contributed by atoms with van der Waals surface area (Å²) in [5.74, 6) is 0. The first kappa shape index (κ1) is 12.4. The quantitative estimate of drug-likeness (QED) is 0.795. The number of allylic oxidation sites excluding steroid dienone is 1. The normalized spacial score (nSPS) is 17.9. The van der Waals surface area contributed by atoms with Crippen molar-refractivity contribution in [2.45, 2.75) is 51.0 Å². The van der Waals surface area contributed by atoms with Gasteiger partial charge in [0.25, 0.3) is 0 Å².